The lowest BCUT2D eigenvalue weighted by atomic mass is 10.2. The molecule has 0 amide bonds. The average molecular weight is 274 g/mol. The Morgan fingerprint density at radius 3 is 2.70 bits per heavy atom. The van der Waals surface area contributed by atoms with Gasteiger partial charge in [0.2, 0.25) is 5.88 Å². The standard InChI is InChI=1S/C16H19FN2O/c1-4-18-10-13-6-8-16(19-12(13)3)20-15-9-14(17)7-5-11(15)2/h5-9,18H,4,10H2,1-3H3. The van der Waals surface area contributed by atoms with Crippen LogP contribution in [0.25, 0.3) is 0 Å². The highest BCUT2D eigenvalue weighted by molar-refractivity contribution is 5.36. The molecule has 2 aromatic rings. The number of benzene rings is 1. The molecule has 2 rings (SSSR count). The van der Waals surface area contributed by atoms with Gasteiger partial charge in [-0.15, -0.1) is 0 Å². The van der Waals surface area contributed by atoms with E-state index >= 15 is 0 Å². The molecule has 0 unspecified atom stereocenters. The molecule has 0 saturated heterocycles. The fourth-order valence-electron chi connectivity index (χ4n) is 1.87. The van der Waals surface area contributed by atoms with E-state index in [0.717, 1.165) is 29.9 Å². The van der Waals surface area contributed by atoms with Crippen LogP contribution in [-0.4, -0.2) is 11.5 Å². The molecule has 4 heteroatoms. The number of nitrogens with zero attached hydrogens (tertiary/aromatic N) is 1. The maximum absolute atomic E-state index is 13.2. The summed E-state index contributed by atoms with van der Waals surface area (Å²) >= 11 is 0. The fourth-order valence-corrected chi connectivity index (χ4v) is 1.87. The van der Waals surface area contributed by atoms with Crippen molar-refractivity contribution in [3.05, 3.63) is 53.0 Å². The lowest BCUT2D eigenvalue weighted by Crippen LogP contribution is -2.13. The van der Waals surface area contributed by atoms with Crippen molar-refractivity contribution in [1.29, 1.82) is 0 Å². The summed E-state index contributed by atoms with van der Waals surface area (Å²) in [5.74, 6) is 0.666. The SMILES string of the molecule is CCNCc1ccc(Oc2cc(F)ccc2C)nc1C. The monoisotopic (exact) mass is 274 g/mol. The quantitative estimate of drug-likeness (QED) is 0.902. The number of aromatic nitrogens is 1. The molecule has 106 valence electrons. The van der Waals surface area contributed by atoms with Crippen LogP contribution in [0, 0.1) is 19.7 Å². The van der Waals surface area contributed by atoms with Crippen molar-refractivity contribution in [3.63, 3.8) is 0 Å². The lowest BCUT2D eigenvalue weighted by Gasteiger charge is -2.11. The van der Waals surface area contributed by atoms with E-state index < -0.39 is 0 Å². The Balaban J connectivity index is 2.17. The Kier molecular flexibility index (Phi) is 4.69. The second kappa shape index (κ2) is 6.48. The van der Waals surface area contributed by atoms with E-state index in [0.29, 0.717) is 11.6 Å². The summed E-state index contributed by atoms with van der Waals surface area (Å²) in [5.41, 5.74) is 2.93. The Morgan fingerprint density at radius 2 is 2.00 bits per heavy atom. The second-order valence-electron chi connectivity index (χ2n) is 4.69. The van der Waals surface area contributed by atoms with Crippen molar-refractivity contribution in [1.82, 2.24) is 10.3 Å². The van der Waals surface area contributed by atoms with Crippen LogP contribution in [0.2, 0.25) is 0 Å². The zero-order valence-corrected chi connectivity index (χ0v) is 12.0. The number of nitrogens with one attached hydrogen (secondary N) is 1. The van der Waals surface area contributed by atoms with Crippen molar-refractivity contribution in [3.8, 4) is 11.6 Å². The van der Waals surface area contributed by atoms with Gasteiger partial charge in [-0.05, 0) is 37.6 Å². The number of pyridine rings is 1. The Labute approximate surface area is 118 Å². The van der Waals surface area contributed by atoms with E-state index in [9.17, 15) is 4.39 Å². The van der Waals surface area contributed by atoms with Gasteiger partial charge < -0.3 is 10.1 Å². The van der Waals surface area contributed by atoms with E-state index in [1.54, 1.807) is 6.07 Å². The Hall–Kier alpha value is -1.94. The number of ether oxygens (including phenoxy) is 1. The van der Waals surface area contributed by atoms with Gasteiger partial charge in [-0.2, -0.15) is 0 Å². The first-order chi connectivity index (χ1) is 9.60. The third kappa shape index (κ3) is 3.54. The molecule has 3 nitrogen and oxygen atoms in total. The molecule has 0 radical (unpaired) electrons. The molecule has 0 aliphatic rings. The van der Waals surface area contributed by atoms with Crippen LogP contribution in [0.15, 0.2) is 30.3 Å². The highest BCUT2D eigenvalue weighted by atomic mass is 19.1. The molecule has 1 aromatic heterocycles. The topological polar surface area (TPSA) is 34.1 Å². The van der Waals surface area contributed by atoms with Crippen molar-refractivity contribution in [2.45, 2.75) is 27.3 Å². The van der Waals surface area contributed by atoms with E-state index in [-0.39, 0.29) is 5.82 Å². The number of halogens is 1. The predicted molar refractivity (Wildman–Crippen MR) is 77.6 cm³/mol. The molecule has 1 heterocycles. The number of hydrogen-bond acceptors (Lipinski definition) is 3. The summed E-state index contributed by atoms with van der Waals surface area (Å²) in [6.07, 6.45) is 0. The number of aryl methyl sites for hydroxylation is 2. The largest absolute Gasteiger partial charge is 0.439 e. The van der Waals surface area contributed by atoms with Gasteiger partial charge in [0.05, 0.1) is 0 Å². The van der Waals surface area contributed by atoms with Crippen molar-refractivity contribution in [2.24, 2.45) is 0 Å². The molecule has 0 atom stereocenters. The summed E-state index contributed by atoms with van der Waals surface area (Å²) in [5, 5.41) is 3.26. The minimum atomic E-state index is -0.314. The zero-order chi connectivity index (χ0) is 14.5. The minimum absolute atomic E-state index is 0.314. The van der Waals surface area contributed by atoms with E-state index in [1.807, 2.05) is 26.0 Å². The molecular formula is C16H19FN2O. The summed E-state index contributed by atoms with van der Waals surface area (Å²) in [6, 6.07) is 8.27. The molecule has 0 aliphatic carbocycles. The molecule has 0 aliphatic heterocycles. The molecule has 0 bridgehead atoms. The van der Waals surface area contributed by atoms with Gasteiger partial charge in [0.25, 0.3) is 0 Å². The normalized spacial score (nSPS) is 10.6. The minimum Gasteiger partial charge on any atom is -0.439 e. The van der Waals surface area contributed by atoms with E-state index in [4.69, 9.17) is 4.74 Å². The van der Waals surface area contributed by atoms with Gasteiger partial charge in [-0.1, -0.05) is 19.1 Å². The molecule has 0 fully saturated rings. The third-order valence-corrected chi connectivity index (χ3v) is 3.10. The molecule has 1 aromatic carbocycles. The van der Waals surface area contributed by atoms with Crippen molar-refractivity contribution < 1.29 is 9.13 Å². The van der Waals surface area contributed by atoms with Crippen LogP contribution in [0.1, 0.15) is 23.7 Å². The third-order valence-electron chi connectivity index (χ3n) is 3.10. The van der Waals surface area contributed by atoms with Crippen LogP contribution < -0.4 is 10.1 Å². The summed E-state index contributed by atoms with van der Waals surface area (Å²) in [6.45, 7) is 7.58. The lowest BCUT2D eigenvalue weighted by molar-refractivity contribution is 0.452. The highest BCUT2D eigenvalue weighted by Crippen LogP contribution is 2.25. The van der Waals surface area contributed by atoms with Gasteiger partial charge in [0.15, 0.2) is 0 Å². The van der Waals surface area contributed by atoms with Gasteiger partial charge >= 0.3 is 0 Å². The number of hydrogen-bond donors (Lipinski definition) is 1. The second-order valence-corrected chi connectivity index (χ2v) is 4.69. The first kappa shape index (κ1) is 14.5. The fraction of sp³-hybridized carbons (Fsp3) is 0.312. The molecule has 0 saturated carbocycles. The Morgan fingerprint density at radius 1 is 1.20 bits per heavy atom. The van der Waals surface area contributed by atoms with Crippen molar-refractivity contribution in [2.75, 3.05) is 6.54 Å². The van der Waals surface area contributed by atoms with E-state index in [2.05, 4.69) is 17.2 Å². The van der Waals surface area contributed by atoms with Crippen LogP contribution in [0.5, 0.6) is 11.6 Å². The molecule has 0 spiro atoms. The molecular weight excluding hydrogens is 255 g/mol. The van der Waals surface area contributed by atoms with Crippen LogP contribution >= 0.6 is 0 Å². The number of rotatable bonds is 5. The first-order valence-corrected chi connectivity index (χ1v) is 6.71. The van der Waals surface area contributed by atoms with Gasteiger partial charge in [-0.25, -0.2) is 9.37 Å². The van der Waals surface area contributed by atoms with Crippen LogP contribution in [0.4, 0.5) is 4.39 Å². The van der Waals surface area contributed by atoms with Crippen molar-refractivity contribution >= 4 is 0 Å². The predicted octanol–water partition coefficient (Wildman–Crippen LogP) is 3.74. The molecule has 1 N–H and O–H groups in total. The summed E-state index contributed by atoms with van der Waals surface area (Å²) in [7, 11) is 0. The summed E-state index contributed by atoms with van der Waals surface area (Å²) in [4.78, 5) is 4.41. The highest BCUT2D eigenvalue weighted by Gasteiger charge is 2.06. The van der Waals surface area contributed by atoms with Gasteiger partial charge in [0.1, 0.15) is 11.6 Å². The van der Waals surface area contributed by atoms with Gasteiger partial charge in [-0.3, -0.25) is 0 Å². The maximum atomic E-state index is 13.2. The maximum Gasteiger partial charge on any atom is 0.219 e. The van der Waals surface area contributed by atoms with Gasteiger partial charge in [0, 0.05) is 24.4 Å². The summed E-state index contributed by atoms with van der Waals surface area (Å²) < 4.78 is 18.9. The van der Waals surface area contributed by atoms with E-state index in [1.165, 1.54) is 12.1 Å². The molecule has 20 heavy (non-hydrogen) atoms. The van der Waals surface area contributed by atoms with Crippen LogP contribution in [-0.2, 0) is 6.54 Å². The Bertz CT molecular complexity index is 599. The average Bonchev–Trinajstić information content (AvgIpc) is 2.42. The zero-order valence-electron chi connectivity index (χ0n) is 12.0. The smallest absolute Gasteiger partial charge is 0.219 e. The first-order valence-electron chi connectivity index (χ1n) is 6.71. The van der Waals surface area contributed by atoms with Crippen LogP contribution in [0.3, 0.4) is 0 Å².